The van der Waals surface area contributed by atoms with Gasteiger partial charge in [-0.3, -0.25) is 4.79 Å². The van der Waals surface area contributed by atoms with Gasteiger partial charge in [-0.25, -0.2) is 4.98 Å². The number of amides is 1. The lowest BCUT2D eigenvalue weighted by molar-refractivity contribution is 0.102. The standard InChI is InChI=1S/C21H18ClN3O/c1-14-4-2-6-17(10-14)21(26)25-19-7-3-5-15(11-19)8-9-16-12-18(22)13-24-20(16)23/h2-13H,1H3,(H2,23,24)(H,25,26). The van der Waals surface area contributed by atoms with E-state index in [2.05, 4.69) is 10.3 Å². The normalized spacial score (nSPS) is 10.8. The first-order valence-electron chi connectivity index (χ1n) is 8.08. The quantitative estimate of drug-likeness (QED) is 0.681. The summed E-state index contributed by atoms with van der Waals surface area (Å²) < 4.78 is 0. The Bertz CT molecular complexity index is 982. The molecule has 3 N–H and O–H groups in total. The lowest BCUT2D eigenvalue weighted by Crippen LogP contribution is -2.11. The number of pyridine rings is 1. The van der Waals surface area contributed by atoms with Crippen LogP contribution in [-0.4, -0.2) is 10.9 Å². The Hall–Kier alpha value is -3.11. The molecule has 3 aromatic rings. The van der Waals surface area contributed by atoms with E-state index in [1.807, 2.05) is 61.5 Å². The van der Waals surface area contributed by atoms with Crippen molar-refractivity contribution in [2.75, 3.05) is 11.1 Å². The van der Waals surface area contributed by atoms with Crippen LogP contribution in [0.5, 0.6) is 0 Å². The molecule has 0 aliphatic heterocycles. The minimum atomic E-state index is -0.141. The molecule has 0 bridgehead atoms. The lowest BCUT2D eigenvalue weighted by atomic mass is 10.1. The van der Waals surface area contributed by atoms with Crippen molar-refractivity contribution in [2.45, 2.75) is 6.92 Å². The average Bonchev–Trinajstić information content (AvgIpc) is 2.63. The Kier molecular flexibility index (Phi) is 5.34. The third kappa shape index (κ3) is 4.49. The summed E-state index contributed by atoms with van der Waals surface area (Å²) in [6, 6.07) is 16.8. The van der Waals surface area contributed by atoms with Crippen LogP contribution >= 0.6 is 11.6 Å². The van der Waals surface area contributed by atoms with E-state index in [0.29, 0.717) is 16.4 Å². The lowest BCUT2D eigenvalue weighted by Gasteiger charge is -2.07. The molecule has 0 aliphatic carbocycles. The van der Waals surface area contributed by atoms with Gasteiger partial charge in [0, 0.05) is 23.0 Å². The van der Waals surface area contributed by atoms with Crippen LogP contribution in [0.15, 0.2) is 60.8 Å². The third-order valence-corrected chi connectivity index (χ3v) is 4.00. The minimum absolute atomic E-state index is 0.141. The molecule has 0 spiro atoms. The number of carbonyl (C=O) groups excluding carboxylic acids is 1. The molecule has 4 nitrogen and oxygen atoms in total. The van der Waals surface area contributed by atoms with Gasteiger partial charge in [0.2, 0.25) is 0 Å². The predicted octanol–water partition coefficient (Wildman–Crippen LogP) is 5.05. The van der Waals surface area contributed by atoms with Gasteiger partial charge in [0.05, 0.1) is 5.02 Å². The molecular formula is C21H18ClN3O. The molecule has 0 radical (unpaired) electrons. The monoisotopic (exact) mass is 363 g/mol. The Morgan fingerprint density at radius 2 is 1.92 bits per heavy atom. The van der Waals surface area contributed by atoms with Gasteiger partial charge < -0.3 is 11.1 Å². The van der Waals surface area contributed by atoms with Crippen molar-refractivity contribution in [1.29, 1.82) is 0 Å². The summed E-state index contributed by atoms with van der Waals surface area (Å²) in [5.41, 5.74) is 9.90. The highest BCUT2D eigenvalue weighted by atomic mass is 35.5. The molecule has 1 heterocycles. The summed E-state index contributed by atoms with van der Waals surface area (Å²) in [7, 11) is 0. The highest BCUT2D eigenvalue weighted by Gasteiger charge is 2.06. The van der Waals surface area contributed by atoms with Crippen LogP contribution in [0.25, 0.3) is 12.2 Å². The fraction of sp³-hybridized carbons (Fsp3) is 0.0476. The van der Waals surface area contributed by atoms with Crippen LogP contribution in [0, 0.1) is 6.92 Å². The summed E-state index contributed by atoms with van der Waals surface area (Å²) in [5, 5.41) is 3.44. The number of benzene rings is 2. The minimum Gasteiger partial charge on any atom is -0.383 e. The van der Waals surface area contributed by atoms with E-state index in [9.17, 15) is 4.79 Å². The molecule has 1 amide bonds. The second-order valence-corrected chi connectivity index (χ2v) is 6.35. The van der Waals surface area contributed by atoms with Crippen LogP contribution in [0.1, 0.15) is 27.0 Å². The first-order valence-corrected chi connectivity index (χ1v) is 8.46. The summed E-state index contributed by atoms with van der Waals surface area (Å²) in [6.45, 7) is 1.96. The molecule has 0 fully saturated rings. The smallest absolute Gasteiger partial charge is 0.255 e. The predicted molar refractivity (Wildman–Crippen MR) is 108 cm³/mol. The molecule has 130 valence electrons. The Morgan fingerprint density at radius 1 is 1.12 bits per heavy atom. The van der Waals surface area contributed by atoms with Gasteiger partial charge in [-0.05, 0) is 42.8 Å². The molecule has 0 unspecified atom stereocenters. The molecule has 1 aromatic heterocycles. The molecule has 0 aliphatic rings. The summed E-state index contributed by atoms with van der Waals surface area (Å²) >= 11 is 5.95. The third-order valence-electron chi connectivity index (χ3n) is 3.80. The first-order chi connectivity index (χ1) is 12.5. The van der Waals surface area contributed by atoms with Crippen molar-refractivity contribution in [1.82, 2.24) is 4.98 Å². The molecule has 3 rings (SSSR count). The van der Waals surface area contributed by atoms with Crippen LogP contribution in [0.2, 0.25) is 5.02 Å². The highest BCUT2D eigenvalue weighted by molar-refractivity contribution is 6.30. The number of aryl methyl sites for hydroxylation is 1. The van der Waals surface area contributed by atoms with Gasteiger partial charge in [-0.2, -0.15) is 0 Å². The Labute approximate surface area is 157 Å². The Balaban J connectivity index is 1.77. The number of anilines is 2. The average molecular weight is 364 g/mol. The zero-order valence-electron chi connectivity index (χ0n) is 14.2. The summed E-state index contributed by atoms with van der Waals surface area (Å²) in [5.74, 6) is 0.271. The SMILES string of the molecule is Cc1cccc(C(=O)Nc2cccc(C=Cc3cc(Cl)cnc3N)c2)c1. The van der Waals surface area contributed by atoms with E-state index in [1.165, 1.54) is 6.20 Å². The van der Waals surface area contributed by atoms with Crippen molar-refractivity contribution < 1.29 is 4.79 Å². The van der Waals surface area contributed by atoms with Gasteiger partial charge in [0.1, 0.15) is 5.82 Å². The molecule has 5 heteroatoms. The van der Waals surface area contributed by atoms with Gasteiger partial charge in [0.25, 0.3) is 5.91 Å². The molecular weight excluding hydrogens is 346 g/mol. The highest BCUT2D eigenvalue weighted by Crippen LogP contribution is 2.19. The van der Waals surface area contributed by atoms with E-state index in [1.54, 1.807) is 12.1 Å². The first kappa shape index (κ1) is 17.7. The van der Waals surface area contributed by atoms with Crippen LogP contribution < -0.4 is 11.1 Å². The van der Waals surface area contributed by atoms with Crippen LogP contribution in [-0.2, 0) is 0 Å². The van der Waals surface area contributed by atoms with Crippen molar-refractivity contribution in [3.8, 4) is 0 Å². The van der Waals surface area contributed by atoms with Crippen LogP contribution in [0.4, 0.5) is 11.5 Å². The molecule has 26 heavy (non-hydrogen) atoms. The van der Waals surface area contributed by atoms with E-state index < -0.39 is 0 Å². The largest absolute Gasteiger partial charge is 0.383 e. The number of rotatable bonds is 4. The number of nitrogens with one attached hydrogen (secondary N) is 1. The Morgan fingerprint density at radius 3 is 2.73 bits per heavy atom. The maximum Gasteiger partial charge on any atom is 0.255 e. The van der Waals surface area contributed by atoms with Crippen LogP contribution in [0.3, 0.4) is 0 Å². The van der Waals surface area contributed by atoms with E-state index in [4.69, 9.17) is 17.3 Å². The maximum atomic E-state index is 12.4. The number of nitrogen functional groups attached to an aromatic ring is 1. The fourth-order valence-corrected chi connectivity index (χ4v) is 2.66. The number of aromatic nitrogens is 1. The number of hydrogen-bond donors (Lipinski definition) is 2. The van der Waals surface area contributed by atoms with Gasteiger partial charge in [-0.1, -0.05) is 53.6 Å². The van der Waals surface area contributed by atoms with Crippen molar-refractivity contribution in [2.24, 2.45) is 0 Å². The number of carbonyl (C=O) groups is 1. The van der Waals surface area contributed by atoms with Crippen molar-refractivity contribution >= 4 is 41.2 Å². The van der Waals surface area contributed by atoms with E-state index >= 15 is 0 Å². The number of nitrogens with two attached hydrogens (primary N) is 1. The van der Waals surface area contributed by atoms with Gasteiger partial charge >= 0.3 is 0 Å². The molecule has 2 aromatic carbocycles. The fourth-order valence-electron chi connectivity index (χ4n) is 2.49. The summed E-state index contributed by atoms with van der Waals surface area (Å²) in [4.78, 5) is 16.4. The maximum absolute atomic E-state index is 12.4. The zero-order valence-corrected chi connectivity index (χ0v) is 15.0. The van der Waals surface area contributed by atoms with Crippen molar-refractivity contribution in [3.05, 3.63) is 88.1 Å². The number of halogens is 1. The number of nitrogens with zero attached hydrogens (tertiary/aromatic N) is 1. The van der Waals surface area contributed by atoms with Gasteiger partial charge in [0.15, 0.2) is 0 Å². The van der Waals surface area contributed by atoms with Gasteiger partial charge in [-0.15, -0.1) is 0 Å². The second-order valence-electron chi connectivity index (χ2n) is 5.91. The molecule has 0 saturated heterocycles. The summed E-state index contributed by atoms with van der Waals surface area (Å²) in [6.07, 6.45) is 5.25. The van der Waals surface area contributed by atoms with Crippen molar-refractivity contribution in [3.63, 3.8) is 0 Å². The van der Waals surface area contributed by atoms with E-state index in [-0.39, 0.29) is 5.91 Å². The zero-order chi connectivity index (χ0) is 18.5. The van der Waals surface area contributed by atoms with E-state index in [0.717, 1.165) is 22.4 Å². The molecule has 0 saturated carbocycles. The molecule has 0 atom stereocenters. The number of hydrogen-bond acceptors (Lipinski definition) is 3. The second kappa shape index (κ2) is 7.85. The topological polar surface area (TPSA) is 68.0 Å².